The lowest BCUT2D eigenvalue weighted by atomic mass is 10.2. The maximum absolute atomic E-state index is 12.5. The molecule has 0 aliphatic carbocycles. The van der Waals surface area contributed by atoms with E-state index in [0.717, 1.165) is 31.7 Å². The van der Waals surface area contributed by atoms with Gasteiger partial charge in [0.2, 0.25) is 11.2 Å². The molecule has 2 heterocycles. The van der Waals surface area contributed by atoms with Crippen molar-refractivity contribution < 1.29 is 18.6 Å². The number of nitrogens with zero attached hydrogens (tertiary/aromatic N) is 2. The second kappa shape index (κ2) is 10.2. The molecule has 3 aromatic rings. The Morgan fingerprint density at radius 2 is 1.59 bits per heavy atom. The molecule has 1 saturated heterocycles. The van der Waals surface area contributed by atoms with Crippen LogP contribution in [-0.4, -0.2) is 45.3 Å². The third-order valence-corrected chi connectivity index (χ3v) is 5.53. The summed E-state index contributed by atoms with van der Waals surface area (Å²) in [5.41, 5.74) is 1.89. The van der Waals surface area contributed by atoms with E-state index in [2.05, 4.69) is 34.1 Å². The van der Waals surface area contributed by atoms with Gasteiger partial charge in [0.15, 0.2) is 0 Å². The molecular formula is C25H28N2O5. The van der Waals surface area contributed by atoms with Crippen LogP contribution in [0.3, 0.4) is 0 Å². The maximum Gasteiger partial charge on any atom is 0.227 e. The fourth-order valence-corrected chi connectivity index (χ4v) is 3.76. The van der Waals surface area contributed by atoms with E-state index in [4.69, 9.17) is 18.6 Å². The second-order valence-electron chi connectivity index (χ2n) is 7.68. The van der Waals surface area contributed by atoms with Crippen LogP contribution >= 0.6 is 0 Å². The number of ether oxygens (including phenoxy) is 3. The highest BCUT2D eigenvalue weighted by Gasteiger charge is 2.18. The molecule has 0 N–H and O–H groups in total. The van der Waals surface area contributed by atoms with Gasteiger partial charge in [0, 0.05) is 44.0 Å². The fraction of sp³-hybridized carbons (Fsp3) is 0.320. The van der Waals surface area contributed by atoms with E-state index < -0.39 is 0 Å². The Morgan fingerprint density at radius 3 is 2.22 bits per heavy atom. The predicted molar refractivity (Wildman–Crippen MR) is 123 cm³/mol. The molecule has 1 aliphatic heterocycles. The summed E-state index contributed by atoms with van der Waals surface area (Å²) in [6.07, 6.45) is 1.40. The number of benzene rings is 2. The minimum absolute atomic E-state index is 0.185. The van der Waals surface area contributed by atoms with Gasteiger partial charge in [-0.1, -0.05) is 18.2 Å². The van der Waals surface area contributed by atoms with Crippen LogP contribution in [0.15, 0.2) is 70.1 Å². The summed E-state index contributed by atoms with van der Waals surface area (Å²) in [5.74, 6) is 2.15. The summed E-state index contributed by atoms with van der Waals surface area (Å²) in [4.78, 5) is 17.2. The van der Waals surface area contributed by atoms with Crippen molar-refractivity contribution in [3.8, 4) is 17.2 Å². The minimum atomic E-state index is -0.191. The average molecular weight is 437 g/mol. The summed E-state index contributed by atoms with van der Waals surface area (Å²) in [6.45, 7) is 4.52. The van der Waals surface area contributed by atoms with Gasteiger partial charge in [-0.3, -0.25) is 9.69 Å². The highest BCUT2D eigenvalue weighted by molar-refractivity contribution is 5.46. The number of methoxy groups -OCH3 is 2. The molecule has 0 unspecified atom stereocenters. The van der Waals surface area contributed by atoms with E-state index in [1.165, 1.54) is 18.0 Å². The Kier molecular flexibility index (Phi) is 6.97. The number of rotatable bonds is 8. The van der Waals surface area contributed by atoms with Crippen molar-refractivity contribution in [1.82, 2.24) is 4.90 Å². The number of hydrogen-bond acceptors (Lipinski definition) is 7. The van der Waals surface area contributed by atoms with Crippen LogP contribution < -0.4 is 24.5 Å². The molecule has 7 heteroatoms. The predicted octanol–water partition coefficient (Wildman–Crippen LogP) is 3.56. The second-order valence-corrected chi connectivity index (χ2v) is 7.68. The molecule has 32 heavy (non-hydrogen) atoms. The molecule has 0 spiro atoms. The number of piperazine rings is 1. The van der Waals surface area contributed by atoms with Gasteiger partial charge in [-0.15, -0.1) is 0 Å². The SMILES string of the molecule is COc1cc(COc2coc(CN3CCN(c4ccccc4)CC3)cc2=O)cc(OC)c1. The van der Waals surface area contributed by atoms with Crippen LogP contribution in [0.1, 0.15) is 11.3 Å². The Hall–Kier alpha value is -3.45. The minimum Gasteiger partial charge on any atom is -0.497 e. The first-order valence-electron chi connectivity index (χ1n) is 10.6. The van der Waals surface area contributed by atoms with Crippen LogP contribution in [-0.2, 0) is 13.2 Å². The zero-order valence-electron chi connectivity index (χ0n) is 18.5. The van der Waals surface area contributed by atoms with Crippen molar-refractivity contribution in [2.45, 2.75) is 13.2 Å². The van der Waals surface area contributed by atoms with E-state index >= 15 is 0 Å². The van der Waals surface area contributed by atoms with Crippen LogP contribution in [0.25, 0.3) is 0 Å². The zero-order valence-corrected chi connectivity index (χ0v) is 18.5. The molecule has 2 aromatic carbocycles. The largest absolute Gasteiger partial charge is 0.497 e. The van der Waals surface area contributed by atoms with Gasteiger partial charge in [-0.2, -0.15) is 0 Å². The Morgan fingerprint density at radius 1 is 0.906 bits per heavy atom. The fourth-order valence-electron chi connectivity index (χ4n) is 3.76. The van der Waals surface area contributed by atoms with Crippen molar-refractivity contribution in [3.63, 3.8) is 0 Å². The van der Waals surface area contributed by atoms with E-state index in [1.54, 1.807) is 20.3 Å². The van der Waals surface area contributed by atoms with Gasteiger partial charge < -0.3 is 23.5 Å². The molecular weight excluding hydrogens is 408 g/mol. The summed E-state index contributed by atoms with van der Waals surface area (Å²) in [6, 6.07) is 17.4. The molecule has 0 amide bonds. The third kappa shape index (κ3) is 5.42. The van der Waals surface area contributed by atoms with Crippen molar-refractivity contribution in [2.75, 3.05) is 45.3 Å². The summed E-state index contributed by atoms with van der Waals surface area (Å²) < 4.78 is 21.9. The summed E-state index contributed by atoms with van der Waals surface area (Å²) in [7, 11) is 3.18. The van der Waals surface area contributed by atoms with Crippen molar-refractivity contribution >= 4 is 5.69 Å². The lowest BCUT2D eigenvalue weighted by Gasteiger charge is -2.35. The lowest BCUT2D eigenvalue weighted by Crippen LogP contribution is -2.46. The molecule has 168 valence electrons. The third-order valence-electron chi connectivity index (χ3n) is 5.53. The van der Waals surface area contributed by atoms with Crippen molar-refractivity contribution in [3.05, 3.63) is 82.4 Å². The lowest BCUT2D eigenvalue weighted by molar-refractivity contribution is 0.224. The highest BCUT2D eigenvalue weighted by Crippen LogP contribution is 2.23. The van der Waals surface area contributed by atoms with Gasteiger partial charge in [-0.25, -0.2) is 0 Å². The zero-order chi connectivity index (χ0) is 22.3. The standard InChI is InChI=1S/C25H28N2O5/c1-29-21-12-19(13-22(14-21)30-2)17-32-25-18-31-23(15-24(25)28)16-26-8-10-27(11-9-26)20-6-4-3-5-7-20/h3-7,12-15,18H,8-11,16-17H2,1-2H3. The Balaban J connectivity index is 1.32. The van der Waals surface area contributed by atoms with Crippen LogP contribution in [0, 0.1) is 0 Å². The average Bonchev–Trinajstić information content (AvgIpc) is 2.84. The van der Waals surface area contributed by atoms with Crippen molar-refractivity contribution in [1.29, 1.82) is 0 Å². The van der Waals surface area contributed by atoms with Gasteiger partial charge in [0.25, 0.3) is 0 Å². The molecule has 0 radical (unpaired) electrons. The Labute approximate surface area is 187 Å². The van der Waals surface area contributed by atoms with Gasteiger partial charge >= 0.3 is 0 Å². The van der Waals surface area contributed by atoms with E-state index in [-0.39, 0.29) is 17.8 Å². The number of hydrogen-bond donors (Lipinski definition) is 0. The molecule has 0 saturated carbocycles. The quantitative estimate of drug-likeness (QED) is 0.535. The maximum atomic E-state index is 12.5. The van der Waals surface area contributed by atoms with Crippen LogP contribution in [0.5, 0.6) is 17.2 Å². The van der Waals surface area contributed by atoms with Crippen molar-refractivity contribution in [2.24, 2.45) is 0 Å². The van der Waals surface area contributed by atoms with E-state index in [9.17, 15) is 4.79 Å². The normalized spacial score (nSPS) is 14.2. The first-order valence-corrected chi connectivity index (χ1v) is 10.6. The van der Waals surface area contributed by atoms with Crippen LogP contribution in [0.4, 0.5) is 5.69 Å². The number of para-hydroxylation sites is 1. The molecule has 1 aliphatic rings. The van der Waals surface area contributed by atoms with E-state index in [0.29, 0.717) is 23.8 Å². The highest BCUT2D eigenvalue weighted by atomic mass is 16.5. The first kappa shape index (κ1) is 21.8. The van der Waals surface area contributed by atoms with Gasteiger partial charge in [0.1, 0.15) is 30.1 Å². The smallest absolute Gasteiger partial charge is 0.227 e. The monoisotopic (exact) mass is 436 g/mol. The molecule has 1 fully saturated rings. The molecule has 1 aromatic heterocycles. The number of anilines is 1. The van der Waals surface area contributed by atoms with Gasteiger partial charge in [0.05, 0.1) is 20.8 Å². The molecule has 0 bridgehead atoms. The van der Waals surface area contributed by atoms with E-state index in [1.807, 2.05) is 18.2 Å². The topological polar surface area (TPSA) is 64.4 Å². The first-order chi connectivity index (χ1) is 15.6. The molecule has 4 rings (SSSR count). The molecule has 7 nitrogen and oxygen atoms in total. The Bertz CT molecular complexity index is 1050. The van der Waals surface area contributed by atoms with Crippen LogP contribution in [0.2, 0.25) is 0 Å². The summed E-state index contributed by atoms with van der Waals surface area (Å²) >= 11 is 0. The molecule has 0 atom stereocenters. The van der Waals surface area contributed by atoms with Gasteiger partial charge in [-0.05, 0) is 29.8 Å². The summed E-state index contributed by atoms with van der Waals surface area (Å²) in [5, 5.41) is 0.